The number of amides is 2. The van der Waals surface area contributed by atoms with Gasteiger partial charge in [-0.2, -0.15) is 0 Å². The number of urea groups is 1. The number of nitrogens with zero attached hydrogens (tertiary/aromatic N) is 1. The number of hydrogen-bond donors (Lipinski definition) is 1. The fourth-order valence-electron chi connectivity index (χ4n) is 3.29. The minimum absolute atomic E-state index is 0.000984. The predicted octanol–water partition coefficient (Wildman–Crippen LogP) is 3.77. The second-order valence-electron chi connectivity index (χ2n) is 6.64. The van der Waals surface area contributed by atoms with Crippen LogP contribution in [0.2, 0.25) is 0 Å². The van der Waals surface area contributed by atoms with E-state index >= 15 is 0 Å². The van der Waals surface area contributed by atoms with Crippen LogP contribution >= 0.6 is 0 Å². The molecule has 0 unspecified atom stereocenters. The molecule has 27 heavy (non-hydrogen) atoms. The predicted molar refractivity (Wildman–Crippen MR) is 97.4 cm³/mol. The van der Waals surface area contributed by atoms with Gasteiger partial charge < -0.3 is 24.4 Å². The summed E-state index contributed by atoms with van der Waals surface area (Å²) >= 11 is 0. The number of nitrogens with one attached hydrogen (secondary N) is 1. The van der Waals surface area contributed by atoms with E-state index in [4.69, 9.17) is 14.2 Å². The van der Waals surface area contributed by atoms with Crippen molar-refractivity contribution in [1.82, 2.24) is 4.90 Å². The molecule has 1 atom stereocenters. The molecule has 4 rings (SSSR count). The van der Waals surface area contributed by atoms with Crippen molar-refractivity contribution in [2.45, 2.75) is 25.5 Å². The highest BCUT2D eigenvalue weighted by Gasteiger charge is 2.23. The van der Waals surface area contributed by atoms with Crippen molar-refractivity contribution in [2.24, 2.45) is 0 Å². The van der Waals surface area contributed by atoms with Crippen LogP contribution in [0.1, 0.15) is 18.4 Å². The molecular weight excluding hydrogens is 351 g/mol. The molecule has 1 saturated heterocycles. The molecule has 0 spiro atoms. The summed E-state index contributed by atoms with van der Waals surface area (Å²) in [5, 5.41) is 2.88. The molecule has 2 aliphatic rings. The lowest BCUT2D eigenvalue weighted by atomic mass is 10.2. The van der Waals surface area contributed by atoms with Gasteiger partial charge in [-0.05, 0) is 42.7 Å². The summed E-state index contributed by atoms with van der Waals surface area (Å²) in [7, 11) is 0. The fraction of sp³-hybridized carbons (Fsp3) is 0.350. The van der Waals surface area contributed by atoms with E-state index in [9.17, 15) is 9.18 Å². The van der Waals surface area contributed by atoms with Crippen molar-refractivity contribution in [2.75, 3.05) is 25.3 Å². The SMILES string of the molecule is O=C(Nc1ccc2c(c1)OCO2)N(Cc1cccc(F)c1)C[C@@H]1CCCO1. The van der Waals surface area contributed by atoms with Gasteiger partial charge in [-0.25, -0.2) is 9.18 Å². The zero-order valence-corrected chi connectivity index (χ0v) is 14.8. The summed E-state index contributed by atoms with van der Waals surface area (Å²) in [5.74, 6) is 0.938. The van der Waals surface area contributed by atoms with Crippen molar-refractivity contribution in [3.8, 4) is 11.5 Å². The zero-order chi connectivity index (χ0) is 18.6. The van der Waals surface area contributed by atoms with Crippen LogP contribution in [-0.4, -0.2) is 37.0 Å². The van der Waals surface area contributed by atoms with E-state index < -0.39 is 0 Å². The molecule has 2 heterocycles. The van der Waals surface area contributed by atoms with Crippen molar-refractivity contribution in [3.63, 3.8) is 0 Å². The lowest BCUT2D eigenvalue weighted by Crippen LogP contribution is -2.39. The van der Waals surface area contributed by atoms with Crippen molar-refractivity contribution in [3.05, 3.63) is 53.8 Å². The van der Waals surface area contributed by atoms with E-state index in [1.54, 1.807) is 35.2 Å². The number of ether oxygens (including phenoxy) is 3. The van der Waals surface area contributed by atoms with Gasteiger partial charge in [0.15, 0.2) is 11.5 Å². The van der Waals surface area contributed by atoms with Gasteiger partial charge in [0.1, 0.15) is 5.82 Å². The Morgan fingerprint density at radius 1 is 1.19 bits per heavy atom. The third-order valence-electron chi connectivity index (χ3n) is 4.62. The van der Waals surface area contributed by atoms with E-state index in [-0.39, 0.29) is 24.7 Å². The lowest BCUT2D eigenvalue weighted by molar-refractivity contribution is 0.0819. The highest BCUT2D eigenvalue weighted by atomic mass is 19.1. The summed E-state index contributed by atoms with van der Waals surface area (Å²) in [6.45, 7) is 1.64. The zero-order valence-electron chi connectivity index (χ0n) is 14.8. The van der Waals surface area contributed by atoms with Gasteiger partial charge >= 0.3 is 6.03 Å². The number of carbonyl (C=O) groups is 1. The Morgan fingerprint density at radius 2 is 2.07 bits per heavy atom. The van der Waals surface area contributed by atoms with Gasteiger partial charge in [0.05, 0.1) is 6.10 Å². The van der Waals surface area contributed by atoms with E-state index in [0.717, 1.165) is 18.4 Å². The molecule has 142 valence electrons. The number of anilines is 1. The average Bonchev–Trinajstić information content (AvgIpc) is 3.32. The van der Waals surface area contributed by atoms with Crippen LogP contribution in [0, 0.1) is 5.82 Å². The van der Waals surface area contributed by atoms with Gasteiger partial charge in [0.25, 0.3) is 0 Å². The molecule has 7 heteroatoms. The third kappa shape index (κ3) is 4.31. The largest absolute Gasteiger partial charge is 0.454 e. The molecule has 0 aliphatic carbocycles. The monoisotopic (exact) mass is 372 g/mol. The maximum atomic E-state index is 13.5. The molecular formula is C20H21FN2O4. The van der Waals surface area contributed by atoms with Crippen LogP contribution in [0.3, 0.4) is 0 Å². The maximum Gasteiger partial charge on any atom is 0.322 e. The average molecular weight is 372 g/mol. The Labute approximate surface area is 156 Å². The number of carbonyl (C=O) groups excluding carboxylic acids is 1. The summed E-state index contributed by atoms with van der Waals surface area (Å²) in [6, 6.07) is 11.3. The van der Waals surface area contributed by atoms with Crippen LogP contribution in [0.15, 0.2) is 42.5 Å². The first-order chi connectivity index (χ1) is 13.2. The third-order valence-corrected chi connectivity index (χ3v) is 4.62. The molecule has 0 saturated carbocycles. The van der Waals surface area contributed by atoms with E-state index in [2.05, 4.69) is 5.32 Å². The highest BCUT2D eigenvalue weighted by Crippen LogP contribution is 2.34. The molecule has 2 aliphatic heterocycles. The molecule has 6 nitrogen and oxygen atoms in total. The van der Waals surface area contributed by atoms with Crippen LogP contribution in [0.5, 0.6) is 11.5 Å². The Kier molecular flexibility index (Phi) is 5.11. The van der Waals surface area contributed by atoms with Gasteiger partial charge in [-0.1, -0.05) is 12.1 Å². The van der Waals surface area contributed by atoms with Gasteiger partial charge in [-0.15, -0.1) is 0 Å². The first-order valence-corrected chi connectivity index (χ1v) is 8.99. The normalized spacial score (nSPS) is 17.7. The van der Waals surface area contributed by atoms with Gasteiger partial charge in [0, 0.05) is 31.5 Å². The fourth-order valence-corrected chi connectivity index (χ4v) is 3.29. The van der Waals surface area contributed by atoms with E-state index in [1.165, 1.54) is 12.1 Å². The summed E-state index contributed by atoms with van der Waals surface area (Å²) in [5.41, 5.74) is 1.34. The van der Waals surface area contributed by atoms with E-state index in [1.807, 2.05) is 0 Å². The first-order valence-electron chi connectivity index (χ1n) is 8.99. The van der Waals surface area contributed by atoms with E-state index in [0.29, 0.717) is 36.9 Å². The number of halogens is 1. The second-order valence-corrected chi connectivity index (χ2v) is 6.64. The Morgan fingerprint density at radius 3 is 2.89 bits per heavy atom. The molecule has 0 bridgehead atoms. The Hall–Kier alpha value is -2.80. The van der Waals surface area contributed by atoms with Crippen LogP contribution in [0.25, 0.3) is 0 Å². The molecule has 0 aromatic heterocycles. The molecule has 0 radical (unpaired) electrons. The lowest BCUT2D eigenvalue weighted by Gasteiger charge is -2.26. The number of rotatable bonds is 5. The minimum Gasteiger partial charge on any atom is -0.454 e. The quantitative estimate of drug-likeness (QED) is 0.868. The number of fused-ring (bicyclic) bond motifs is 1. The van der Waals surface area contributed by atoms with Gasteiger partial charge in [0.2, 0.25) is 6.79 Å². The minimum atomic E-state index is -0.319. The topological polar surface area (TPSA) is 60.0 Å². The molecule has 1 N–H and O–H groups in total. The highest BCUT2D eigenvalue weighted by molar-refractivity contribution is 5.89. The number of benzene rings is 2. The molecule has 1 fully saturated rings. The Balaban J connectivity index is 1.48. The molecule has 2 aromatic rings. The maximum absolute atomic E-state index is 13.5. The molecule has 2 aromatic carbocycles. The van der Waals surface area contributed by atoms with Crippen LogP contribution in [-0.2, 0) is 11.3 Å². The first kappa shape index (κ1) is 17.6. The standard InChI is InChI=1S/C20H21FN2O4/c21-15-4-1-3-14(9-15)11-23(12-17-5-2-8-25-17)20(24)22-16-6-7-18-19(10-16)27-13-26-18/h1,3-4,6-7,9-10,17H,2,5,8,11-13H2,(H,22,24)/t17-/m0/s1. The smallest absolute Gasteiger partial charge is 0.322 e. The number of hydrogen-bond acceptors (Lipinski definition) is 4. The van der Waals surface area contributed by atoms with Gasteiger partial charge in [-0.3, -0.25) is 0 Å². The van der Waals surface area contributed by atoms with Crippen molar-refractivity contribution in [1.29, 1.82) is 0 Å². The van der Waals surface area contributed by atoms with Crippen LogP contribution < -0.4 is 14.8 Å². The summed E-state index contributed by atoms with van der Waals surface area (Å²) < 4.78 is 29.8. The van der Waals surface area contributed by atoms with Crippen molar-refractivity contribution < 1.29 is 23.4 Å². The summed E-state index contributed by atoms with van der Waals surface area (Å²) in [6.07, 6.45) is 1.90. The van der Waals surface area contributed by atoms with Crippen LogP contribution in [0.4, 0.5) is 14.9 Å². The summed E-state index contributed by atoms with van der Waals surface area (Å²) in [4.78, 5) is 14.5. The Bertz CT molecular complexity index is 823. The molecule has 2 amide bonds. The second kappa shape index (κ2) is 7.84. The van der Waals surface area contributed by atoms with Crippen molar-refractivity contribution >= 4 is 11.7 Å².